The van der Waals surface area contributed by atoms with Crippen LogP contribution in [-0.2, 0) is 0 Å². The lowest BCUT2D eigenvalue weighted by Crippen LogP contribution is -2.19. The van der Waals surface area contributed by atoms with Crippen LogP contribution in [0.4, 0.5) is 16.2 Å². The number of benzene rings is 2. The van der Waals surface area contributed by atoms with Gasteiger partial charge in [0.2, 0.25) is 5.88 Å². The van der Waals surface area contributed by atoms with Gasteiger partial charge in [-0.2, -0.15) is 0 Å². The van der Waals surface area contributed by atoms with Crippen molar-refractivity contribution in [2.24, 2.45) is 0 Å². The first kappa shape index (κ1) is 18.0. The van der Waals surface area contributed by atoms with Crippen molar-refractivity contribution in [1.29, 1.82) is 0 Å². The normalized spacial score (nSPS) is 10.3. The van der Waals surface area contributed by atoms with E-state index in [-0.39, 0.29) is 6.03 Å². The van der Waals surface area contributed by atoms with E-state index in [1.807, 2.05) is 18.2 Å². The molecule has 1 heterocycles. The predicted octanol–water partition coefficient (Wildman–Crippen LogP) is 5.10. The number of anilines is 2. The molecular formula is C18H14Cl2N4O2. The Morgan fingerprint density at radius 3 is 2.19 bits per heavy atom. The molecule has 1 aromatic heterocycles. The standard InChI is InChI=1S/C18H14Cl2N4O2/c1-26-17-9-8-16(23-24-17)11-2-4-12(5-3-11)21-18(25)22-13-6-7-14(19)15(20)10-13/h2-10H,1H3,(H2,21,22,25). The second-order valence-corrected chi connectivity index (χ2v) is 6.06. The predicted molar refractivity (Wildman–Crippen MR) is 103 cm³/mol. The van der Waals surface area contributed by atoms with Crippen molar-refractivity contribution in [1.82, 2.24) is 10.2 Å². The minimum atomic E-state index is -0.389. The fraction of sp³-hybridized carbons (Fsp3) is 0.0556. The Hall–Kier alpha value is -2.83. The van der Waals surface area contributed by atoms with Crippen molar-refractivity contribution in [2.75, 3.05) is 17.7 Å². The maximum absolute atomic E-state index is 12.1. The fourth-order valence-corrected chi connectivity index (χ4v) is 2.47. The Balaban J connectivity index is 1.64. The molecule has 0 spiro atoms. The molecule has 2 aromatic carbocycles. The van der Waals surface area contributed by atoms with Gasteiger partial charge in [0.15, 0.2) is 0 Å². The van der Waals surface area contributed by atoms with E-state index in [2.05, 4.69) is 20.8 Å². The van der Waals surface area contributed by atoms with Crippen LogP contribution >= 0.6 is 23.2 Å². The minimum Gasteiger partial charge on any atom is -0.480 e. The van der Waals surface area contributed by atoms with Gasteiger partial charge in [0.25, 0.3) is 0 Å². The summed E-state index contributed by atoms with van der Waals surface area (Å²) in [6.45, 7) is 0. The maximum Gasteiger partial charge on any atom is 0.323 e. The van der Waals surface area contributed by atoms with Gasteiger partial charge in [0.05, 0.1) is 22.8 Å². The van der Waals surface area contributed by atoms with Crippen LogP contribution in [0.5, 0.6) is 5.88 Å². The van der Waals surface area contributed by atoms with Crippen molar-refractivity contribution in [2.45, 2.75) is 0 Å². The van der Waals surface area contributed by atoms with Crippen molar-refractivity contribution in [3.8, 4) is 17.1 Å². The maximum atomic E-state index is 12.1. The van der Waals surface area contributed by atoms with Crippen LogP contribution in [0.25, 0.3) is 11.3 Å². The molecule has 6 nitrogen and oxygen atoms in total. The molecule has 0 bridgehead atoms. The van der Waals surface area contributed by atoms with E-state index in [0.717, 1.165) is 5.56 Å². The smallest absolute Gasteiger partial charge is 0.323 e. The molecule has 0 saturated carbocycles. The Morgan fingerprint density at radius 1 is 0.885 bits per heavy atom. The summed E-state index contributed by atoms with van der Waals surface area (Å²) in [7, 11) is 1.53. The second kappa shape index (κ2) is 8.03. The quantitative estimate of drug-likeness (QED) is 0.651. The van der Waals surface area contributed by atoms with E-state index in [4.69, 9.17) is 27.9 Å². The zero-order valence-corrected chi connectivity index (χ0v) is 15.2. The SMILES string of the molecule is COc1ccc(-c2ccc(NC(=O)Nc3ccc(Cl)c(Cl)c3)cc2)nn1. The number of carbonyl (C=O) groups is 1. The third kappa shape index (κ3) is 4.41. The number of rotatable bonds is 4. The van der Waals surface area contributed by atoms with Crippen molar-refractivity contribution >= 4 is 40.6 Å². The summed E-state index contributed by atoms with van der Waals surface area (Å²) in [4.78, 5) is 12.1. The van der Waals surface area contributed by atoms with E-state index >= 15 is 0 Å². The van der Waals surface area contributed by atoms with E-state index in [1.165, 1.54) is 7.11 Å². The number of nitrogens with one attached hydrogen (secondary N) is 2. The number of ether oxygens (including phenoxy) is 1. The van der Waals surface area contributed by atoms with Gasteiger partial charge in [0.1, 0.15) is 0 Å². The van der Waals surface area contributed by atoms with Gasteiger partial charge in [-0.15, -0.1) is 10.2 Å². The molecule has 26 heavy (non-hydrogen) atoms. The highest BCUT2D eigenvalue weighted by molar-refractivity contribution is 6.42. The lowest BCUT2D eigenvalue weighted by Gasteiger charge is -2.09. The van der Waals surface area contributed by atoms with Crippen LogP contribution in [0.15, 0.2) is 54.6 Å². The fourth-order valence-electron chi connectivity index (χ4n) is 2.17. The highest BCUT2D eigenvalue weighted by atomic mass is 35.5. The van der Waals surface area contributed by atoms with Gasteiger partial charge in [-0.05, 0) is 36.4 Å². The number of urea groups is 1. The number of amides is 2. The molecule has 0 saturated heterocycles. The molecule has 0 aliphatic rings. The van der Waals surface area contributed by atoms with Gasteiger partial charge in [-0.3, -0.25) is 0 Å². The lowest BCUT2D eigenvalue weighted by molar-refractivity contribution is 0.262. The van der Waals surface area contributed by atoms with Gasteiger partial charge in [-0.1, -0.05) is 35.3 Å². The summed E-state index contributed by atoms with van der Waals surface area (Å²) in [5, 5.41) is 14.2. The van der Waals surface area contributed by atoms with Gasteiger partial charge in [0, 0.05) is 23.0 Å². The average molecular weight is 389 g/mol. The lowest BCUT2D eigenvalue weighted by atomic mass is 10.1. The van der Waals surface area contributed by atoms with Crippen LogP contribution in [-0.4, -0.2) is 23.3 Å². The molecule has 3 aromatic rings. The van der Waals surface area contributed by atoms with Crippen LogP contribution in [0.2, 0.25) is 10.0 Å². The molecule has 2 amide bonds. The molecule has 0 unspecified atom stereocenters. The highest BCUT2D eigenvalue weighted by Gasteiger charge is 2.06. The van der Waals surface area contributed by atoms with Gasteiger partial charge in [-0.25, -0.2) is 4.79 Å². The van der Waals surface area contributed by atoms with E-state index in [9.17, 15) is 4.79 Å². The number of halogens is 2. The number of nitrogens with zero attached hydrogens (tertiary/aromatic N) is 2. The van der Waals surface area contributed by atoms with Crippen molar-refractivity contribution < 1.29 is 9.53 Å². The Kier molecular flexibility index (Phi) is 5.55. The van der Waals surface area contributed by atoms with Crippen molar-refractivity contribution in [3.63, 3.8) is 0 Å². The van der Waals surface area contributed by atoms with Crippen LogP contribution in [0, 0.1) is 0 Å². The minimum absolute atomic E-state index is 0.370. The van der Waals surface area contributed by atoms with Gasteiger partial charge < -0.3 is 15.4 Å². The third-order valence-electron chi connectivity index (χ3n) is 3.47. The zero-order chi connectivity index (χ0) is 18.5. The summed E-state index contributed by atoms with van der Waals surface area (Å²) < 4.78 is 4.99. The first-order valence-corrected chi connectivity index (χ1v) is 8.32. The Bertz CT molecular complexity index is 915. The largest absolute Gasteiger partial charge is 0.480 e. The molecule has 0 radical (unpaired) electrons. The van der Waals surface area contributed by atoms with Crippen LogP contribution in [0.1, 0.15) is 0 Å². The number of methoxy groups -OCH3 is 1. The number of hydrogen-bond donors (Lipinski definition) is 2. The summed E-state index contributed by atoms with van der Waals surface area (Å²) in [6.07, 6.45) is 0. The third-order valence-corrected chi connectivity index (χ3v) is 4.20. The highest BCUT2D eigenvalue weighted by Crippen LogP contribution is 2.25. The molecular weight excluding hydrogens is 375 g/mol. The topological polar surface area (TPSA) is 76.1 Å². The zero-order valence-electron chi connectivity index (χ0n) is 13.7. The molecule has 2 N–H and O–H groups in total. The van der Waals surface area contributed by atoms with Gasteiger partial charge >= 0.3 is 6.03 Å². The molecule has 8 heteroatoms. The first-order valence-electron chi connectivity index (χ1n) is 7.56. The summed E-state index contributed by atoms with van der Waals surface area (Å²) in [5.74, 6) is 0.450. The second-order valence-electron chi connectivity index (χ2n) is 5.25. The first-order chi connectivity index (χ1) is 12.5. The van der Waals surface area contributed by atoms with Crippen molar-refractivity contribution in [3.05, 3.63) is 64.6 Å². The summed E-state index contributed by atoms with van der Waals surface area (Å²) in [5.41, 5.74) is 2.75. The molecule has 0 aliphatic heterocycles. The number of carbonyl (C=O) groups excluding carboxylic acids is 1. The number of hydrogen-bond acceptors (Lipinski definition) is 4. The monoisotopic (exact) mass is 388 g/mol. The van der Waals surface area contributed by atoms with Crippen LogP contribution < -0.4 is 15.4 Å². The van der Waals surface area contributed by atoms with E-state index in [1.54, 1.807) is 36.4 Å². The summed E-state index contributed by atoms with van der Waals surface area (Å²) >= 11 is 11.8. The Morgan fingerprint density at radius 2 is 1.58 bits per heavy atom. The molecule has 3 rings (SSSR count). The average Bonchev–Trinajstić information content (AvgIpc) is 2.65. The summed E-state index contributed by atoms with van der Waals surface area (Å²) in [6, 6.07) is 15.2. The number of aromatic nitrogens is 2. The molecule has 0 atom stereocenters. The van der Waals surface area contributed by atoms with E-state index < -0.39 is 0 Å². The molecule has 0 fully saturated rings. The van der Waals surface area contributed by atoms with E-state index in [0.29, 0.717) is 33.0 Å². The Labute approximate surface area is 160 Å². The van der Waals surface area contributed by atoms with Crippen LogP contribution in [0.3, 0.4) is 0 Å². The molecule has 132 valence electrons. The molecule has 0 aliphatic carbocycles.